The summed E-state index contributed by atoms with van der Waals surface area (Å²) in [6.45, 7) is 21.3. The first-order chi connectivity index (χ1) is 13.1. The van der Waals surface area contributed by atoms with E-state index in [2.05, 4.69) is 73.9 Å². The summed E-state index contributed by atoms with van der Waals surface area (Å²) in [6.07, 6.45) is 17.4. The molecule has 0 aliphatic rings. The Morgan fingerprint density at radius 1 is 0.786 bits per heavy atom. The summed E-state index contributed by atoms with van der Waals surface area (Å²) >= 11 is -2.24. The van der Waals surface area contributed by atoms with Crippen LogP contribution >= 0.6 is 0 Å². The molecule has 0 fully saturated rings. The Balaban J connectivity index is 5.67. The molecule has 0 bridgehead atoms. The fraction of sp³-hybridized carbons (Fsp3) is 0.920. The molecule has 0 aromatic heterocycles. The van der Waals surface area contributed by atoms with Crippen LogP contribution in [0, 0.1) is 0 Å². The first-order valence-electron chi connectivity index (χ1n) is 12.4. The molecule has 0 spiro atoms. The van der Waals surface area contributed by atoms with Crippen molar-refractivity contribution in [3.05, 3.63) is 12.3 Å². The van der Waals surface area contributed by atoms with Gasteiger partial charge in [0, 0.05) is 0 Å². The Morgan fingerprint density at radius 3 is 1.57 bits per heavy atom. The molecule has 1 nitrogen and oxygen atoms in total. The third-order valence-electron chi connectivity index (χ3n) is 7.22. The summed E-state index contributed by atoms with van der Waals surface area (Å²) in [7, 11) is -1.70. The van der Waals surface area contributed by atoms with Crippen LogP contribution in [-0.2, 0) is 4.43 Å². The number of hydrogen-bond donors (Lipinski definition) is 0. The van der Waals surface area contributed by atoms with Crippen LogP contribution in [0.3, 0.4) is 0 Å². The first-order valence-corrected chi connectivity index (χ1v) is 23.1. The maximum absolute atomic E-state index is 6.50. The molecule has 0 amide bonds. The van der Waals surface area contributed by atoms with Crippen molar-refractivity contribution < 1.29 is 4.43 Å². The molecule has 0 aromatic carbocycles. The maximum atomic E-state index is 6.50. The zero-order chi connectivity index (χ0) is 21.7. The van der Waals surface area contributed by atoms with Crippen molar-refractivity contribution in [3.8, 4) is 0 Å². The van der Waals surface area contributed by atoms with E-state index in [-0.39, 0.29) is 5.04 Å². The standard InChI is InChI=1S/C13H27OSi.3C4H9.Sn/c1-7-8-9-10-11-12-14-15(5,6)13(2,3)4;3*1-3-4-2;/h10-12H,7-9H2,1-6H3;3*1,3-4H2,2H3;/b12-11-;;;;. The summed E-state index contributed by atoms with van der Waals surface area (Å²) in [5.74, 6) is 0. The third kappa shape index (κ3) is 10.0. The number of allylic oxidation sites excluding steroid dienone is 1. The molecule has 168 valence electrons. The van der Waals surface area contributed by atoms with E-state index in [1.54, 1.807) is 13.3 Å². The van der Waals surface area contributed by atoms with Gasteiger partial charge in [0.25, 0.3) is 0 Å². The van der Waals surface area contributed by atoms with Crippen molar-refractivity contribution in [2.75, 3.05) is 0 Å². The van der Waals surface area contributed by atoms with Gasteiger partial charge in [-0.05, 0) is 0 Å². The fourth-order valence-corrected chi connectivity index (χ4v) is 22.9. The van der Waals surface area contributed by atoms with E-state index in [1.165, 1.54) is 57.8 Å². The van der Waals surface area contributed by atoms with E-state index in [1.807, 2.05) is 0 Å². The molecule has 1 atom stereocenters. The van der Waals surface area contributed by atoms with Gasteiger partial charge in [0.15, 0.2) is 0 Å². The van der Waals surface area contributed by atoms with Gasteiger partial charge in [-0.1, -0.05) is 0 Å². The molecular formula is C25H54OSiSn. The summed E-state index contributed by atoms with van der Waals surface area (Å²) in [5.41, 5.74) is 0. The molecule has 0 radical (unpaired) electrons. The summed E-state index contributed by atoms with van der Waals surface area (Å²) in [4.78, 5) is 0. The summed E-state index contributed by atoms with van der Waals surface area (Å²) < 4.78 is 12.2. The van der Waals surface area contributed by atoms with Crippen molar-refractivity contribution in [2.24, 2.45) is 0 Å². The zero-order valence-electron chi connectivity index (χ0n) is 21.1. The molecule has 0 saturated heterocycles. The molecular weight excluding hydrogens is 463 g/mol. The summed E-state index contributed by atoms with van der Waals surface area (Å²) in [6, 6.07) is 0. The second kappa shape index (κ2) is 14.5. The Hall–Kier alpha value is 0.556. The average Bonchev–Trinajstić information content (AvgIpc) is 2.63. The van der Waals surface area contributed by atoms with Crippen molar-refractivity contribution in [3.63, 3.8) is 0 Å². The van der Waals surface area contributed by atoms with Gasteiger partial charge in [-0.15, -0.1) is 0 Å². The van der Waals surface area contributed by atoms with Crippen LogP contribution in [0.5, 0.6) is 0 Å². The van der Waals surface area contributed by atoms with E-state index < -0.39 is 26.7 Å². The normalized spacial score (nSPS) is 14.6. The predicted octanol–water partition coefficient (Wildman–Crippen LogP) is 9.93. The van der Waals surface area contributed by atoms with E-state index in [4.69, 9.17) is 4.43 Å². The van der Waals surface area contributed by atoms with Gasteiger partial charge in [0.2, 0.25) is 0 Å². The first kappa shape index (κ1) is 28.6. The number of hydrogen-bond acceptors (Lipinski definition) is 1. The molecule has 28 heavy (non-hydrogen) atoms. The molecule has 0 aliphatic heterocycles. The Morgan fingerprint density at radius 2 is 1.21 bits per heavy atom. The van der Waals surface area contributed by atoms with Crippen LogP contribution < -0.4 is 0 Å². The molecule has 1 unspecified atom stereocenters. The Kier molecular flexibility index (Phi) is 14.8. The summed E-state index contributed by atoms with van der Waals surface area (Å²) in [5, 5.41) is 0.281. The topological polar surface area (TPSA) is 9.23 Å². The predicted molar refractivity (Wildman–Crippen MR) is 136 cm³/mol. The Bertz CT molecular complexity index is 389. The molecule has 0 aromatic rings. The Labute approximate surface area is 184 Å². The van der Waals surface area contributed by atoms with Crippen LogP contribution in [0.25, 0.3) is 0 Å². The number of rotatable bonds is 16. The fourth-order valence-electron chi connectivity index (χ4n) is 4.03. The SMILES string of the molecule is CCCC[CH](/C=C\O[Si](C)(C)C(C)(C)C)[Sn]([CH2]CCC)([CH2]CCC)[CH2]CCC. The van der Waals surface area contributed by atoms with Crippen molar-refractivity contribution >= 4 is 26.7 Å². The molecule has 0 saturated carbocycles. The second-order valence-corrected chi connectivity index (χ2v) is 29.6. The van der Waals surface area contributed by atoms with Gasteiger partial charge in [-0.3, -0.25) is 0 Å². The van der Waals surface area contributed by atoms with Gasteiger partial charge in [0.1, 0.15) is 0 Å². The molecule has 3 heteroatoms. The van der Waals surface area contributed by atoms with Crippen LogP contribution in [0.2, 0.25) is 35.4 Å². The van der Waals surface area contributed by atoms with Crippen LogP contribution in [0.15, 0.2) is 12.3 Å². The van der Waals surface area contributed by atoms with E-state index in [0.29, 0.717) is 0 Å². The van der Waals surface area contributed by atoms with Gasteiger partial charge >= 0.3 is 185 Å². The van der Waals surface area contributed by atoms with Gasteiger partial charge in [-0.25, -0.2) is 0 Å². The zero-order valence-corrected chi connectivity index (χ0v) is 25.0. The third-order valence-corrected chi connectivity index (χ3v) is 29.0. The van der Waals surface area contributed by atoms with Crippen LogP contribution in [0.4, 0.5) is 0 Å². The quantitative estimate of drug-likeness (QED) is 0.146. The minimum atomic E-state index is -2.24. The van der Waals surface area contributed by atoms with Crippen LogP contribution in [-0.4, -0.2) is 26.7 Å². The molecule has 0 N–H and O–H groups in total. The van der Waals surface area contributed by atoms with E-state index >= 15 is 0 Å². The van der Waals surface area contributed by atoms with E-state index in [9.17, 15) is 0 Å². The molecule has 0 rings (SSSR count). The van der Waals surface area contributed by atoms with E-state index in [0.717, 1.165) is 3.93 Å². The second-order valence-electron chi connectivity index (χ2n) is 10.6. The molecule has 0 heterocycles. The minimum absolute atomic E-state index is 0.281. The monoisotopic (exact) mass is 518 g/mol. The number of unbranched alkanes of at least 4 members (excludes halogenated alkanes) is 4. The average molecular weight is 518 g/mol. The van der Waals surface area contributed by atoms with Crippen molar-refractivity contribution in [1.29, 1.82) is 0 Å². The van der Waals surface area contributed by atoms with Crippen molar-refractivity contribution in [2.45, 2.75) is 142 Å². The van der Waals surface area contributed by atoms with Gasteiger partial charge < -0.3 is 0 Å². The molecule has 0 aliphatic carbocycles. The van der Waals surface area contributed by atoms with Crippen molar-refractivity contribution in [1.82, 2.24) is 0 Å². The van der Waals surface area contributed by atoms with Gasteiger partial charge in [-0.2, -0.15) is 0 Å². The van der Waals surface area contributed by atoms with Gasteiger partial charge in [0.05, 0.1) is 0 Å². The van der Waals surface area contributed by atoms with Crippen LogP contribution in [0.1, 0.15) is 106 Å².